The maximum atomic E-state index is 13.6. The summed E-state index contributed by atoms with van der Waals surface area (Å²) in [5.74, 6) is -2.98. The van der Waals surface area contributed by atoms with Crippen molar-refractivity contribution in [3.05, 3.63) is 47.2 Å². The molecule has 1 aliphatic heterocycles. The van der Waals surface area contributed by atoms with Gasteiger partial charge in [0.15, 0.2) is 0 Å². The van der Waals surface area contributed by atoms with E-state index < -0.39 is 12.1 Å². The molecule has 0 unspecified atom stereocenters. The third-order valence-electron chi connectivity index (χ3n) is 5.61. The SMILES string of the molecule is Cc1[nH]c2ccc(F)cc2c1CC(=O)N1CCC(n2cc(CN)nn2)CC1.O=C(O)C(F)(F)F. The van der Waals surface area contributed by atoms with Gasteiger partial charge >= 0.3 is 12.1 Å². The van der Waals surface area contributed by atoms with E-state index in [-0.39, 0.29) is 24.2 Å². The summed E-state index contributed by atoms with van der Waals surface area (Å²) in [4.78, 5) is 26.8. The van der Waals surface area contributed by atoms with Crippen molar-refractivity contribution in [3.8, 4) is 0 Å². The predicted molar refractivity (Wildman–Crippen MR) is 113 cm³/mol. The van der Waals surface area contributed by atoms with Crippen molar-refractivity contribution in [2.75, 3.05) is 13.1 Å². The van der Waals surface area contributed by atoms with Gasteiger partial charge in [0.05, 0.1) is 24.4 Å². The van der Waals surface area contributed by atoms with E-state index in [9.17, 15) is 22.4 Å². The molecule has 1 saturated heterocycles. The first kappa shape index (κ1) is 25.1. The van der Waals surface area contributed by atoms with Crippen molar-refractivity contribution in [2.24, 2.45) is 5.73 Å². The summed E-state index contributed by atoms with van der Waals surface area (Å²) >= 11 is 0. The molecule has 1 fully saturated rings. The Morgan fingerprint density at radius 2 is 1.91 bits per heavy atom. The largest absolute Gasteiger partial charge is 0.490 e. The lowest BCUT2D eigenvalue weighted by molar-refractivity contribution is -0.192. The van der Waals surface area contributed by atoms with Crippen LogP contribution < -0.4 is 5.73 Å². The van der Waals surface area contributed by atoms with Crippen LogP contribution in [0, 0.1) is 12.7 Å². The number of aliphatic carboxylic acids is 1. The first-order valence-electron chi connectivity index (χ1n) is 10.4. The Bertz CT molecular complexity index is 1170. The monoisotopic (exact) mass is 484 g/mol. The Kier molecular flexibility index (Phi) is 7.54. The molecule has 0 atom stereocenters. The molecule has 0 bridgehead atoms. The normalized spacial score (nSPS) is 14.7. The molecular formula is C21H24F4N6O3. The van der Waals surface area contributed by atoms with Crippen LogP contribution in [0.15, 0.2) is 24.4 Å². The molecular weight excluding hydrogens is 460 g/mol. The van der Waals surface area contributed by atoms with Gasteiger partial charge in [-0.05, 0) is 43.5 Å². The van der Waals surface area contributed by atoms with E-state index in [0.717, 1.165) is 40.7 Å². The number of piperidine rings is 1. The fraction of sp³-hybridized carbons (Fsp3) is 0.429. The lowest BCUT2D eigenvalue weighted by Gasteiger charge is -2.32. The van der Waals surface area contributed by atoms with E-state index in [1.54, 1.807) is 6.07 Å². The fourth-order valence-corrected chi connectivity index (χ4v) is 3.81. The van der Waals surface area contributed by atoms with E-state index in [4.69, 9.17) is 15.6 Å². The van der Waals surface area contributed by atoms with E-state index in [0.29, 0.717) is 19.6 Å². The van der Waals surface area contributed by atoms with Gasteiger partial charge in [-0.25, -0.2) is 13.9 Å². The van der Waals surface area contributed by atoms with Gasteiger partial charge in [-0.2, -0.15) is 13.2 Å². The van der Waals surface area contributed by atoms with Crippen LogP contribution in [0.2, 0.25) is 0 Å². The van der Waals surface area contributed by atoms with Gasteiger partial charge in [0.25, 0.3) is 0 Å². The average Bonchev–Trinajstić information content (AvgIpc) is 3.38. The topological polar surface area (TPSA) is 130 Å². The Morgan fingerprint density at radius 1 is 1.26 bits per heavy atom. The van der Waals surface area contributed by atoms with Crippen LogP contribution in [0.25, 0.3) is 10.9 Å². The maximum absolute atomic E-state index is 13.6. The number of alkyl halides is 3. The molecule has 13 heteroatoms. The molecule has 9 nitrogen and oxygen atoms in total. The highest BCUT2D eigenvalue weighted by molar-refractivity contribution is 5.90. The van der Waals surface area contributed by atoms with E-state index in [2.05, 4.69) is 15.3 Å². The number of nitrogens with zero attached hydrogens (tertiary/aromatic N) is 4. The average molecular weight is 484 g/mol. The third kappa shape index (κ3) is 5.90. The molecule has 3 heterocycles. The molecule has 4 rings (SSSR count). The van der Waals surface area contributed by atoms with Crippen LogP contribution in [0.4, 0.5) is 17.6 Å². The number of benzene rings is 1. The number of carboxylic acids is 1. The highest BCUT2D eigenvalue weighted by Gasteiger charge is 2.38. The lowest BCUT2D eigenvalue weighted by atomic mass is 10.0. The number of aryl methyl sites for hydroxylation is 1. The number of likely N-dealkylation sites (tertiary alicyclic amines) is 1. The molecule has 2 aromatic heterocycles. The second-order valence-corrected chi connectivity index (χ2v) is 7.90. The van der Waals surface area contributed by atoms with Gasteiger partial charge in [-0.1, -0.05) is 5.21 Å². The zero-order valence-corrected chi connectivity index (χ0v) is 18.3. The number of H-pyrrole nitrogens is 1. The highest BCUT2D eigenvalue weighted by Crippen LogP contribution is 2.26. The summed E-state index contributed by atoms with van der Waals surface area (Å²) in [5, 5.41) is 16.1. The van der Waals surface area contributed by atoms with Gasteiger partial charge in [0.1, 0.15) is 5.82 Å². The summed E-state index contributed by atoms with van der Waals surface area (Å²) in [6.45, 7) is 3.66. The van der Waals surface area contributed by atoms with Crippen molar-refractivity contribution in [3.63, 3.8) is 0 Å². The van der Waals surface area contributed by atoms with Crippen LogP contribution in [0.1, 0.15) is 35.8 Å². The van der Waals surface area contributed by atoms with E-state index in [1.807, 2.05) is 22.7 Å². The van der Waals surface area contributed by atoms with Crippen LogP contribution in [-0.4, -0.2) is 61.1 Å². The number of carbonyl (C=O) groups is 2. The van der Waals surface area contributed by atoms with Gasteiger partial charge in [0.2, 0.25) is 5.91 Å². The minimum atomic E-state index is -5.08. The molecule has 34 heavy (non-hydrogen) atoms. The number of aromatic amines is 1. The number of carbonyl (C=O) groups excluding carboxylic acids is 1. The minimum absolute atomic E-state index is 0.0722. The molecule has 1 aromatic carbocycles. The molecule has 1 aliphatic rings. The van der Waals surface area contributed by atoms with Gasteiger partial charge in [0, 0.05) is 36.2 Å². The second-order valence-electron chi connectivity index (χ2n) is 7.90. The van der Waals surface area contributed by atoms with Crippen LogP contribution in [-0.2, 0) is 22.6 Å². The van der Waals surface area contributed by atoms with Crippen molar-refractivity contribution in [2.45, 2.75) is 44.9 Å². The van der Waals surface area contributed by atoms with Crippen LogP contribution in [0.3, 0.4) is 0 Å². The zero-order chi connectivity index (χ0) is 25.0. The summed E-state index contributed by atoms with van der Waals surface area (Å²) in [5.41, 5.74) is 9.01. The number of hydrogen-bond acceptors (Lipinski definition) is 5. The fourth-order valence-electron chi connectivity index (χ4n) is 3.81. The Hall–Kier alpha value is -3.48. The predicted octanol–water partition coefficient (Wildman–Crippen LogP) is 2.71. The molecule has 0 radical (unpaired) electrons. The van der Waals surface area contributed by atoms with Crippen molar-refractivity contribution < 1.29 is 32.3 Å². The molecule has 3 aromatic rings. The number of hydrogen-bond donors (Lipinski definition) is 3. The Labute approximate surface area is 191 Å². The number of amides is 1. The quantitative estimate of drug-likeness (QED) is 0.488. The van der Waals surface area contributed by atoms with Gasteiger partial charge < -0.3 is 20.7 Å². The molecule has 184 valence electrons. The third-order valence-corrected chi connectivity index (χ3v) is 5.61. The minimum Gasteiger partial charge on any atom is -0.475 e. The lowest BCUT2D eigenvalue weighted by Crippen LogP contribution is -2.40. The standard InChI is InChI=1S/C19H23FN6O.C2HF3O2/c1-12-16(17-8-13(20)2-3-18(17)22-12)9-19(27)25-6-4-15(5-7-25)26-11-14(10-21)23-24-26;3-2(4,5)1(6)7/h2-3,8,11,15,22H,4-7,9-10,21H2,1H3;(H,6,7). The van der Waals surface area contributed by atoms with Gasteiger partial charge in [-0.15, -0.1) is 5.10 Å². The second kappa shape index (κ2) is 10.2. The number of nitrogens with two attached hydrogens (primary N) is 1. The molecule has 0 saturated carbocycles. The highest BCUT2D eigenvalue weighted by atomic mass is 19.4. The molecule has 4 N–H and O–H groups in total. The number of rotatable bonds is 4. The van der Waals surface area contributed by atoms with Crippen molar-refractivity contribution >= 4 is 22.8 Å². The number of nitrogens with one attached hydrogen (secondary N) is 1. The molecule has 0 spiro atoms. The van der Waals surface area contributed by atoms with Crippen LogP contribution >= 0.6 is 0 Å². The number of aromatic nitrogens is 4. The van der Waals surface area contributed by atoms with E-state index in [1.165, 1.54) is 12.1 Å². The molecule has 0 aliphatic carbocycles. The van der Waals surface area contributed by atoms with E-state index >= 15 is 0 Å². The summed E-state index contributed by atoms with van der Waals surface area (Å²) in [6.07, 6.45) is -1.26. The first-order valence-corrected chi connectivity index (χ1v) is 10.4. The summed E-state index contributed by atoms with van der Waals surface area (Å²) in [6, 6.07) is 4.87. The Balaban J connectivity index is 0.000000406. The van der Waals surface area contributed by atoms with Crippen LogP contribution in [0.5, 0.6) is 0 Å². The summed E-state index contributed by atoms with van der Waals surface area (Å²) in [7, 11) is 0. The molecule has 1 amide bonds. The number of halogens is 4. The first-order chi connectivity index (χ1) is 16.0. The number of fused-ring (bicyclic) bond motifs is 1. The maximum Gasteiger partial charge on any atom is 0.490 e. The number of carboxylic acid groups (broad SMARTS) is 1. The van der Waals surface area contributed by atoms with Gasteiger partial charge in [-0.3, -0.25) is 4.79 Å². The smallest absolute Gasteiger partial charge is 0.475 e. The van der Waals surface area contributed by atoms with Crippen molar-refractivity contribution in [1.82, 2.24) is 24.9 Å². The zero-order valence-electron chi connectivity index (χ0n) is 18.3. The Morgan fingerprint density at radius 3 is 2.47 bits per heavy atom. The summed E-state index contributed by atoms with van der Waals surface area (Å²) < 4.78 is 47.2. The van der Waals surface area contributed by atoms with Crippen molar-refractivity contribution in [1.29, 1.82) is 0 Å².